The summed E-state index contributed by atoms with van der Waals surface area (Å²) >= 11 is 1.44. The molecule has 160 valence electrons. The van der Waals surface area contributed by atoms with E-state index in [1.54, 1.807) is 12.1 Å². The second-order valence-corrected chi connectivity index (χ2v) is 9.00. The second-order valence-electron chi connectivity index (χ2n) is 7.97. The van der Waals surface area contributed by atoms with E-state index in [0.29, 0.717) is 18.0 Å². The average Bonchev–Trinajstić information content (AvgIpc) is 3.24. The zero-order valence-electron chi connectivity index (χ0n) is 17.5. The summed E-state index contributed by atoms with van der Waals surface area (Å²) in [5.74, 6) is -0.310. The van der Waals surface area contributed by atoms with Crippen LogP contribution in [-0.4, -0.2) is 59.0 Å². The van der Waals surface area contributed by atoms with Gasteiger partial charge in [0.1, 0.15) is 10.6 Å². The number of ether oxygens (including phenoxy) is 1. The van der Waals surface area contributed by atoms with Gasteiger partial charge in [0.05, 0.1) is 29.3 Å². The van der Waals surface area contributed by atoms with Gasteiger partial charge in [0.2, 0.25) is 0 Å². The van der Waals surface area contributed by atoms with Crippen molar-refractivity contribution < 1.29 is 13.9 Å². The number of rotatable bonds is 6. The van der Waals surface area contributed by atoms with Crippen LogP contribution in [0.25, 0.3) is 10.2 Å². The van der Waals surface area contributed by atoms with Gasteiger partial charge in [-0.2, -0.15) is 5.10 Å². The number of nitrogens with zero attached hydrogens (tertiary/aromatic N) is 3. The molecule has 6 nitrogen and oxygen atoms in total. The molecule has 0 saturated carbocycles. The molecular formula is C22H27FN4O2S. The molecule has 1 amide bonds. The highest BCUT2D eigenvalue weighted by Gasteiger charge is 2.22. The molecule has 1 aromatic carbocycles. The van der Waals surface area contributed by atoms with E-state index >= 15 is 0 Å². The Bertz CT molecular complexity index is 1020. The lowest BCUT2D eigenvalue weighted by Gasteiger charge is -2.35. The number of fused-ring (bicyclic) bond motifs is 1. The Morgan fingerprint density at radius 3 is 2.67 bits per heavy atom. The Kier molecular flexibility index (Phi) is 6.17. The van der Waals surface area contributed by atoms with Crippen molar-refractivity contribution in [1.82, 2.24) is 20.0 Å². The molecule has 2 aromatic heterocycles. The van der Waals surface area contributed by atoms with Gasteiger partial charge in [-0.05, 0) is 44.5 Å². The molecule has 3 heterocycles. The van der Waals surface area contributed by atoms with Crippen molar-refractivity contribution in [2.24, 2.45) is 0 Å². The molecule has 8 heteroatoms. The van der Waals surface area contributed by atoms with Crippen LogP contribution in [-0.2, 0) is 11.3 Å². The van der Waals surface area contributed by atoms with Gasteiger partial charge in [0.15, 0.2) is 0 Å². The first-order valence-corrected chi connectivity index (χ1v) is 11.1. The summed E-state index contributed by atoms with van der Waals surface area (Å²) in [4.78, 5) is 16.7. The predicted octanol–water partition coefficient (Wildman–Crippen LogP) is 3.43. The zero-order valence-corrected chi connectivity index (χ0v) is 18.3. The molecule has 30 heavy (non-hydrogen) atoms. The van der Waals surface area contributed by atoms with E-state index in [9.17, 15) is 9.18 Å². The normalized spacial score (nSPS) is 20.0. The highest BCUT2D eigenvalue weighted by Crippen LogP contribution is 2.29. The lowest BCUT2D eigenvalue weighted by Crippen LogP contribution is -2.47. The molecule has 2 unspecified atom stereocenters. The third-order valence-electron chi connectivity index (χ3n) is 5.29. The zero-order chi connectivity index (χ0) is 21.3. The molecule has 1 fully saturated rings. The van der Waals surface area contributed by atoms with E-state index in [4.69, 9.17) is 4.74 Å². The largest absolute Gasteiger partial charge is 0.373 e. The molecule has 0 aliphatic carbocycles. The lowest BCUT2D eigenvalue weighted by atomic mass is 10.2. The lowest BCUT2D eigenvalue weighted by molar-refractivity contribution is -0.0672. The van der Waals surface area contributed by atoms with E-state index in [1.165, 1.54) is 23.5 Å². The molecule has 1 saturated heterocycles. The number of aryl methyl sites for hydroxylation is 1. The molecule has 1 aliphatic heterocycles. The molecule has 4 rings (SSSR count). The van der Waals surface area contributed by atoms with E-state index in [2.05, 4.69) is 29.2 Å². The molecule has 0 spiro atoms. The highest BCUT2D eigenvalue weighted by molar-refractivity contribution is 7.20. The summed E-state index contributed by atoms with van der Waals surface area (Å²) in [5, 5.41) is 8.62. The van der Waals surface area contributed by atoms with Crippen molar-refractivity contribution in [3.8, 4) is 0 Å². The van der Waals surface area contributed by atoms with Crippen LogP contribution in [0.5, 0.6) is 0 Å². The Morgan fingerprint density at radius 1 is 1.27 bits per heavy atom. The smallest absolute Gasteiger partial charge is 0.261 e. The number of hydrogen-bond acceptors (Lipinski definition) is 5. The van der Waals surface area contributed by atoms with Gasteiger partial charge >= 0.3 is 0 Å². The van der Waals surface area contributed by atoms with Gasteiger partial charge in [-0.15, -0.1) is 11.3 Å². The average molecular weight is 431 g/mol. The SMILES string of the molecule is Cc1nn(Cc2ccc(F)cc2)c2sc(C(=O)NCCN3CC(C)OC(C)C3)cc12. The Balaban J connectivity index is 1.40. The summed E-state index contributed by atoms with van der Waals surface area (Å²) in [6, 6.07) is 8.33. The fourth-order valence-corrected chi connectivity index (χ4v) is 5.05. The van der Waals surface area contributed by atoms with E-state index in [0.717, 1.165) is 41.1 Å². The van der Waals surface area contributed by atoms with Gasteiger partial charge < -0.3 is 10.1 Å². The highest BCUT2D eigenvalue weighted by atomic mass is 32.1. The number of carbonyl (C=O) groups is 1. The number of amides is 1. The van der Waals surface area contributed by atoms with Gasteiger partial charge in [0, 0.05) is 31.6 Å². The van der Waals surface area contributed by atoms with E-state index in [-0.39, 0.29) is 23.9 Å². The second kappa shape index (κ2) is 8.83. The van der Waals surface area contributed by atoms with Crippen molar-refractivity contribution in [2.75, 3.05) is 26.2 Å². The molecule has 2 atom stereocenters. The fraction of sp³-hybridized carbons (Fsp3) is 0.455. The minimum absolute atomic E-state index is 0.0571. The number of carbonyl (C=O) groups excluding carboxylic acids is 1. The summed E-state index contributed by atoms with van der Waals surface area (Å²) in [5.41, 5.74) is 1.85. The number of halogens is 1. The summed E-state index contributed by atoms with van der Waals surface area (Å²) in [6.45, 7) is 9.84. The van der Waals surface area contributed by atoms with Crippen molar-refractivity contribution in [1.29, 1.82) is 0 Å². The third kappa shape index (κ3) is 4.71. The van der Waals surface area contributed by atoms with Crippen molar-refractivity contribution in [3.05, 3.63) is 52.3 Å². The topological polar surface area (TPSA) is 59.4 Å². The maximum Gasteiger partial charge on any atom is 0.261 e. The van der Waals surface area contributed by atoms with Gasteiger partial charge in [-0.25, -0.2) is 4.39 Å². The van der Waals surface area contributed by atoms with Gasteiger partial charge in [0.25, 0.3) is 5.91 Å². The standard InChI is InChI=1S/C22H27FN4O2S/c1-14-11-26(12-15(2)29-14)9-8-24-21(28)20-10-19-16(3)25-27(22(19)30-20)13-17-4-6-18(23)7-5-17/h4-7,10,14-15H,8-9,11-13H2,1-3H3,(H,24,28). The van der Waals surface area contributed by atoms with Crippen LogP contribution in [0, 0.1) is 12.7 Å². The molecule has 1 N–H and O–H groups in total. The summed E-state index contributed by atoms with van der Waals surface area (Å²) in [7, 11) is 0. The Morgan fingerprint density at radius 2 is 1.97 bits per heavy atom. The maximum absolute atomic E-state index is 13.2. The minimum atomic E-state index is -0.253. The molecule has 0 radical (unpaired) electrons. The number of aromatic nitrogens is 2. The summed E-state index contributed by atoms with van der Waals surface area (Å²) in [6.07, 6.45) is 0.443. The predicted molar refractivity (Wildman–Crippen MR) is 117 cm³/mol. The van der Waals surface area contributed by atoms with Crippen LogP contribution in [0.4, 0.5) is 4.39 Å². The number of thiophene rings is 1. The van der Waals surface area contributed by atoms with E-state index < -0.39 is 0 Å². The van der Waals surface area contributed by atoms with Gasteiger partial charge in [-0.3, -0.25) is 14.4 Å². The Labute approximate surface area is 179 Å². The Hall–Kier alpha value is -2.29. The van der Waals surface area contributed by atoms with Crippen LogP contribution < -0.4 is 5.32 Å². The summed E-state index contributed by atoms with van der Waals surface area (Å²) < 4.78 is 20.8. The first-order chi connectivity index (χ1) is 14.4. The van der Waals surface area contributed by atoms with Gasteiger partial charge in [-0.1, -0.05) is 12.1 Å². The minimum Gasteiger partial charge on any atom is -0.373 e. The number of benzene rings is 1. The van der Waals surface area contributed by atoms with Crippen LogP contribution in [0.1, 0.15) is 34.8 Å². The van der Waals surface area contributed by atoms with Crippen LogP contribution >= 0.6 is 11.3 Å². The first-order valence-electron chi connectivity index (χ1n) is 10.3. The molecule has 3 aromatic rings. The molecule has 1 aliphatic rings. The van der Waals surface area contributed by atoms with Crippen molar-refractivity contribution in [3.63, 3.8) is 0 Å². The molecular weight excluding hydrogens is 403 g/mol. The monoisotopic (exact) mass is 430 g/mol. The first kappa shape index (κ1) is 21.0. The van der Waals surface area contributed by atoms with Crippen LogP contribution in [0.3, 0.4) is 0 Å². The van der Waals surface area contributed by atoms with Crippen LogP contribution in [0.2, 0.25) is 0 Å². The quantitative estimate of drug-likeness (QED) is 0.651. The fourth-order valence-electron chi connectivity index (χ4n) is 3.98. The maximum atomic E-state index is 13.2. The van der Waals surface area contributed by atoms with Crippen LogP contribution in [0.15, 0.2) is 30.3 Å². The molecule has 0 bridgehead atoms. The number of morpholine rings is 1. The number of hydrogen-bond donors (Lipinski definition) is 1. The number of nitrogens with one attached hydrogen (secondary N) is 1. The third-order valence-corrected chi connectivity index (χ3v) is 6.43. The van der Waals surface area contributed by atoms with Crippen molar-refractivity contribution in [2.45, 2.75) is 39.5 Å². The van der Waals surface area contributed by atoms with E-state index in [1.807, 2.05) is 17.7 Å². The van der Waals surface area contributed by atoms with Crippen molar-refractivity contribution >= 4 is 27.5 Å².